The Balaban J connectivity index is 1.53. The fourth-order valence-electron chi connectivity index (χ4n) is 4.52. The van der Waals surface area contributed by atoms with Crippen LogP contribution in [0, 0.1) is 6.92 Å². The smallest absolute Gasteiger partial charge is 0.277 e. The normalized spacial score (nSPS) is 17.3. The number of amides is 2. The standard InChI is InChI=1S/C28H28N4O2S/c1-4-20-7-5-8-22(15-20)32-26(33)24-16-23(25-9-6-14-35-25)30-31(24)18-28(32,3)27(34)29-17-21-12-10-19(2)11-13-21/h5-16H,4,17-18H2,1-3H3,(H,29,34)/t28-/m1/s1. The molecule has 0 radical (unpaired) electrons. The Morgan fingerprint density at radius 1 is 1.09 bits per heavy atom. The summed E-state index contributed by atoms with van der Waals surface area (Å²) in [6.07, 6.45) is 0.840. The van der Waals surface area contributed by atoms with E-state index in [0.29, 0.717) is 17.9 Å². The van der Waals surface area contributed by atoms with Gasteiger partial charge in [-0.3, -0.25) is 19.2 Å². The lowest BCUT2D eigenvalue weighted by Gasteiger charge is -2.43. The van der Waals surface area contributed by atoms with Crippen molar-refractivity contribution in [1.29, 1.82) is 0 Å². The number of carbonyl (C=O) groups is 2. The summed E-state index contributed by atoms with van der Waals surface area (Å²) >= 11 is 1.58. The Bertz CT molecular complexity index is 1370. The molecule has 0 bridgehead atoms. The van der Waals surface area contributed by atoms with Gasteiger partial charge in [0, 0.05) is 12.2 Å². The number of hydrogen-bond donors (Lipinski definition) is 1. The van der Waals surface area contributed by atoms with Crippen LogP contribution in [-0.4, -0.2) is 27.1 Å². The third-order valence-corrected chi connectivity index (χ3v) is 7.46. The molecule has 1 aliphatic heterocycles. The average molecular weight is 485 g/mol. The van der Waals surface area contributed by atoms with Crippen LogP contribution in [-0.2, 0) is 24.3 Å². The number of carbonyl (C=O) groups excluding carboxylic acids is 2. The summed E-state index contributed by atoms with van der Waals surface area (Å²) in [7, 11) is 0. The van der Waals surface area contributed by atoms with E-state index >= 15 is 0 Å². The second-order valence-corrected chi connectivity index (χ2v) is 10.1. The minimum Gasteiger partial charge on any atom is -0.350 e. The van der Waals surface area contributed by atoms with Gasteiger partial charge in [-0.2, -0.15) is 5.10 Å². The van der Waals surface area contributed by atoms with Crippen LogP contribution in [0.4, 0.5) is 5.69 Å². The highest BCUT2D eigenvalue weighted by molar-refractivity contribution is 7.13. The van der Waals surface area contributed by atoms with E-state index in [9.17, 15) is 9.59 Å². The number of rotatable bonds is 6. The SMILES string of the molecule is CCc1cccc(N2C(=O)c3cc(-c4cccs4)nn3C[C@]2(C)C(=O)NCc2ccc(C)cc2)c1. The number of aryl methyl sites for hydroxylation is 2. The molecule has 4 aromatic rings. The first kappa shape index (κ1) is 23.1. The van der Waals surface area contributed by atoms with Crippen molar-refractivity contribution in [3.63, 3.8) is 0 Å². The van der Waals surface area contributed by atoms with Crippen LogP contribution >= 0.6 is 11.3 Å². The van der Waals surface area contributed by atoms with E-state index in [4.69, 9.17) is 5.10 Å². The first-order chi connectivity index (χ1) is 16.9. The van der Waals surface area contributed by atoms with Gasteiger partial charge in [0.15, 0.2) is 0 Å². The van der Waals surface area contributed by atoms with Gasteiger partial charge >= 0.3 is 0 Å². The van der Waals surface area contributed by atoms with E-state index in [0.717, 1.165) is 28.1 Å². The highest BCUT2D eigenvalue weighted by Gasteiger charge is 2.49. The number of hydrogen-bond acceptors (Lipinski definition) is 4. The first-order valence-corrected chi connectivity index (χ1v) is 12.7. The van der Waals surface area contributed by atoms with Gasteiger partial charge in [0.1, 0.15) is 16.9 Å². The number of aromatic nitrogens is 2. The number of nitrogens with zero attached hydrogens (tertiary/aromatic N) is 3. The van der Waals surface area contributed by atoms with E-state index in [2.05, 4.69) is 12.2 Å². The van der Waals surface area contributed by atoms with E-state index in [-0.39, 0.29) is 18.4 Å². The molecule has 7 heteroatoms. The average Bonchev–Trinajstić information content (AvgIpc) is 3.54. The maximum Gasteiger partial charge on any atom is 0.277 e. The maximum atomic E-state index is 13.9. The Morgan fingerprint density at radius 3 is 2.60 bits per heavy atom. The van der Waals surface area contributed by atoms with Crippen LogP contribution in [0.1, 0.15) is 41.0 Å². The van der Waals surface area contributed by atoms with Crippen molar-refractivity contribution in [2.24, 2.45) is 0 Å². The summed E-state index contributed by atoms with van der Waals surface area (Å²) < 4.78 is 1.68. The molecular weight excluding hydrogens is 456 g/mol. The molecule has 1 N–H and O–H groups in total. The molecule has 35 heavy (non-hydrogen) atoms. The number of fused-ring (bicyclic) bond motifs is 1. The molecule has 0 spiro atoms. The van der Waals surface area contributed by atoms with Crippen LogP contribution in [0.2, 0.25) is 0 Å². The third kappa shape index (κ3) is 4.28. The largest absolute Gasteiger partial charge is 0.350 e. The lowest BCUT2D eigenvalue weighted by Crippen LogP contribution is -2.64. The fourth-order valence-corrected chi connectivity index (χ4v) is 5.21. The number of benzene rings is 2. The van der Waals surface area contributed by atoms with Crippen LogP contribution < -0.4 is 10.2 Å². The highest BCUT2D eigenvalue weighted by Crippen LogP contribution is 2.35. The zero-order valence-corrected chi connectivity index (χ0v) is 20.9. The summed E-state index contributed by atoms with van der Waals surface area (Å²) in [5, 5.41) is 9.77. The minimum atomic E-state index is -1.15. The predicted molar refractivity (Wildman–Crippen MR) is 140 cm³/mol. The Morgan fingerprint density at radius 2 is 1.89 bits per heavy atom. The van der Waals surface area contributed by atoms with Gasteiger partial charge in [-0.15, -0.1) is 11.3 Å². The molecule has 1 aliphatic rings. The molecule has 0 fully saturated rings. The predicted octanol–water partition coefficient (Wildman–Crippen LogP) is 5.22. The van der Waals surface area contributed by atoms with E-state index in [1.807, 2.05) is 86.0 Å². The van der Waals surface area contributed by atoms with Gasteiger partial charge in [-0.1, -0.05) is 55.0 Å². The van der Waals surface area contributed by atoms with Crippen molar-refractivity contribution in [2.75, 3.05) is 4.90 Å². The van der Waals surface area contributed by atoms with Gasteiger partial charge < -0.3 is 5.32 Å². The zero-order chi connectivity index (χ0) is 24.6. The van der Waals surface area contributed by atoms with Gasteiger partial charge in [-0.05, 0) is 61.0 Å². The molecule has 1 atom stereocenters. The monoisotopic (exact) mass is 484 g/mol. The summed E-state index contributed by atoms with van der Waals surface area (Å²) in [6, 6.07) is 21.7. The Hall–Kier alpha value is -3.71. The quantitative estimate of drug-likeness (QED) is 0.408. The summed E-state index contributed by atoms with van der Waals surface area (Å²) in [6.45, 7) is 6.58. The van der Waals surface area contributed by atoms with Crippen molar-refractivity contribution in [3.8, 4) is 10.6 Å². The molecule has 0 aliphatic carbocycles. The molecule has 2 amide bonds. The van der Waals surface area contributed by atoms with Crippen LogP contribution in [0.25, 0.3) is 10.6 Å². The maximum absolute atomic E-state index is 13.9. The Labute approximate surface area is 209 Å². The minimum absolute atomic E-state index is 0.216. The molecule has 0 saturated heterocycles. The zero-order valence-electron chi connectivity index (χ0n) is 20.1. The van der Waals surface area contributed by atoms with Gasteiger partial charge in [0.2, 0.25) is 5.91 Å². The van der Waals surface area contributed by atoms with Crippen molar-refractivity contribution in [1.82, 2.24) is 15.1 Å². The van der Waals surface area contributed by atoms with Crippen molar-refractivity contribution in [2.45, 2.75) is 45.8 Å². The topological polar surface area (TPSA) is 67.2 Å². The molecule has 2 aromatic carbocycles. The molecule has 3 heterocycles. The van der Waals surface area contributed by atoms with Crippen LogP contribution in [0.5, 0.6) is 0 Å². The van der Waals surface area contributed by atoms with Crippen molar-refractivity contribution >= 4 is 28.8 Å². The second kappa shape index (κ2) is 9.15. The molecule has 2 aromatic heterocycles. The van der Waals surface area contributed by atoms with Crippen LogP contribution in [0.3, 0.4) is 0 Å². The molecular formula is C28H28N4O2S. The van der Waals surface area contributed by atoms with Gasteiger partial charge in [0.05, 0.1) is 11.4 Å². The van der Waals surface area contributed by atoms with Crippen LogP contribution in [0.15, 0.2) is 72.1 Å². The second-order valence-electron chi connectivity index (χ2n) is 9.16. The fraction of sp³-hybridized carbons (Fsp3) is 0.250. The summed E-state index contributed by atoms with van der Waals surface area (Å²) in [4.78, 5) is 30.3. The molecule has 0 saturated carbocycles. The first-order valence-electron chi connectivity index (χ1n) is 11.8. The lowest BCUT2D eigenvalue weighted by molar-refractivity contribution is -0.126. The summed E-state index contributed by atoms with van der Waals surface area (Å²) in [5.74, 6) is -0.444. The number of thiophene rings is 1. The van der Waals surface area contributed by atoms with Crippen molar-refractivity contribution in [3.05, 3.63) is 94.5 Å². The lowest BCUT2D eigenvalue weighted by atomic mass is 9.93. The third-order valence-electron chi connectivity index (χ3n) is 6.57. The number of anilines is 1. The Kier molecular flexibility index (Phi) is 6.03. The molecule has 6 nitrogen and oxygen atoms in total. The van der Waals surface area contributed by atoms with E-state index in [1.54, 1.807) is 20.9 Å². The van der Waals surface area contributed by atoms with Gasteiger partial charge in [0.25, 0.3) is 5.91 Å². The molecule has 5 rings (SSSR count). The van der Waals surface area contributed by atoms with E-state index in [1.165, 1.54) is 5.56 Å². The molecule has 178 valence electrons. The number of nitrogens with one attached hydrogen (secondary N) is 1. The summed E-state index contributed by atoms with van der Waals surface area (Å²) in [5.41, 5.74) is 4.08. The van der Waals surface area contributed by atoms with E-state index < -0.39 is 5.54 Å². The van der Waals surface area contributed by atoms with Crippen molar-refractivity contribution < 1.29 is 9.59 Å². The molecule has 0 unspecified atom stereocenters. The highest BCUT2D eigenvalue weighted by atomic mass is 32.1. The van der Waals surface area contributed by atoms with Gasteiger partial charge in [-0.25, -0.2) is 0 Å².